The highest BCUT2D eigenvalue weighted by Gasteiger charge is 2.30. The Morgan fingerprint density at radius 2 is 1.80 bits per heavy atom. The number of halogens is 3. The highest BCUT2D eigenvalue weighted by atomic mass is 19.4. The van der Waals surface area contributed by atoms with Crippen LogP contribution in [0, 0.1) is 0 Å². The zero-order chi connectivity index (χ0) is 14.6. The number of hydrogen-bond donors (Lipinski definition) is 1. The lowest BCUT2D eigenvalue weighted by atomic mass is 9.91. The van der Waals surface area contributed by atoms with E-state index in [1.807, 2.05) is 0 Å². The van der Waals surface area contributed by atoms with Crippen molar-refractivity contribution in [3.05, 3.63) is 35.4 Å². The zero-order valence-corrected chi connectivity index (χ0v) is 11.4. The van der Waals surface area contributed by atoms with Gasteiger partial charge in [-0.15, -0.1) is 0 Å². The quantitative estimate of drug-likeness (QED) is 0.866. The van der Waals surface area contributed by atoms with Crippen LogP contribution in [0.5, 0.6) is 0 Å². The van der Waals surface area contributed by atoms with Crippen LogP contribution in [0.2, 0.25) is 0 Å². The summed E-state index contributed by atoms with van der Waals surface area (Å²) < 4.78 is 37.5. The van der Waals surface area contributed by atoms with Crippen LogP contribution in [0.15, 0.2) is 24.3 Å². The summed E-state index contributed by atoms with van der Waals surface area (Å²) >= 11 is 0. The second kappa shape index (κ2) is 6.59. The molecule has 1 aliphatic rings. The third-order valence-corrected chi connectivity index (χ3v) is 3.86. The van der Waals surface area contributed by atoms with Gasteiger partial charge in [-0.25, -0.2) is 0 Å². The number of benzene rings is 1. The Bertz CT molecular complexity index is 412. The second-order valence-electron chi connectivity index (χ2n) is 5.33. The van der Waals surface area contributed by atoms with Gasteiger partial charge in [0.15, 0.2) is 0 Å². The Morgan fingerprint density at radius 3 is 2.25 bits per heavy atom. The summed E-state index contributed by atoms with van der Waals surface area (Å²) in [5.74, 6) is 0. The van der Waals surface area contributed by atoms with Crippen molar-refractivity contribution in [3.8, 4) is 0 Å². The van der Waals surface area contributed by atoms with Gasteiger partial charge in [0.2, 0.25) is 0 Å². The van der Waals surface area contributed by atoms with E-state index in [2.05, 4.69) is 4.90 Å². The molecule has 0 radical (unpaired) electrons. The van der Waals surface area contributed by atoms with Gasteiger partial charge in [-0.05, 0) is 37.0 Å². The highest BCUT2D eigenvalue weighted by molar-refractivity contribution is 5.24. The monoisotopic (exact) mass is 287 g/mol. The summed E-state index contributed by atoms with van der Waals surface area (Å²) in [5, 5.41) is 8.93. The van der Waals surface area contributed by atoms with Crippen molar-refractivity contribution in [2.24, 2.45) is 0 Å². The Balaban J connectivity index is 1.98. The van der Waals surface area contributed by atoms with E-state index in [-0.39, 0.29) is 6.61 Å². The maximum absolute atomic E-state index is 12.5. The van der Waals surface area contributed by atoms with E-state index < -0.39 is 11.7 Å². The van der Waals surface area contributed by atoms with E-state index in [0.29, 0.717) is 19.0 Å². The topological polar surface area (TPSA) is 23.5 Å². The van der Waals surface area contributed by atoms with Gasteiger partial charge in [-0.3, -0.25) is 4.90 Å². The van der Waals surface area contributed by atoms with Crippen molar-refractivity contribution in [2.45, 2.75) is 44.4 Å². The second-order valence-corrected chi connectivity index (χ2v) is 5.33. The molecular formula is C15H20F3NO. The van der Waals surface area contributed by atoms with E-state index >= 15 is 0 Å². The Labute approximate surface area is 117 Å². The molecule has 0 bridgehead atoms. The molecule has 112 valence electrons. The summed E-state index contributed by atoms with van der Waals surface area (Å²) in [6, 6.07) is 5.89. The first kappa shape index (κ1) is 15.3. The molecule has 1 aromatic rings. The molecule has 1 saturated carbocycles. The molecule has 2 rings (SSSR count). The lowest BCUT2D eigenvalue weighted by molar-refractivity contribution is -0.137. The lowest BCUT2D eigenvalue weighted by Crippen LogP contribution is -2.40. The number of hydrogen-bond acceptors (Lipinski definition) is 2. The minimum Gasteiger partial charge on any atom is -0.396 e. The molecule has 2 nitrogen and oxygen atoms in total. The van der Waals surface area contributed by atoms with Crippen LogP contribution in [0.1, 0.15) is 36.8 Å². The molecule has 0 unspecified atom stereocenters. The van der Waals surface area contributed by atoms with Gasteiger partial charge < -0.3 is 5.11 Å². The fraction of sp³-hybridized carbons (Fsp3) is 0.600. The molecule has 0 aliphatic heterocycles. The lowest BCUT2D eigenvalue weighted by Gasteiger charge is -2.37. The normalized spacial score (nSPS) is 16.4. The fourth-order valence-electron chi connectivity index (χ4n) is 2.45. The summed E-state index contributed by atoms with van der Waals surface area (Å²) in [6.07, 6.45) is -0.0638. The molecule has 0 heterocycles. The summed E-state index contributed by atoms with van der Waals surface area (Å²) in [4.78, 5) is 2.27. The van der Waals surface area contributed by atoms with Crippen molar-refractivity contribution in [1.29, 1.82) is 0 Å². The van der Waals surface area contributed by atoms with E-state index in [1.165, 1.54) is 6.42 Å². The van der Waals surface area contributed by atoms with Crippen molar-refractivity contribution < 1.29 is 18.3 Å². The van der Waals surface area contributed by atoms with Gasteiger partial charge in [0.25, 0.3) is 0 Å². The SMILES string of the molecule is OCCCN(Cc1ccc(C(F)(F)F)cc1)C1CCC1. The predicted molar refractivity (Wildman–Crippen MR) is 71.2 cm³/mol. The first-order valence-corrected chi connectivity index (χ1v) is 7.02. The molecule has 5 heteroatoms. The summed E-state index contributed by atoms with van der Waals surface area (Å²) in [5.41, 5.74) is 0.287. The van der Waals surface area contributed by atoms with Gasteiger partial charge in [0, 0.05) is 25.7 Å². The van der Waals surface area contributed by atoms with Crippen LogP contribution in [0.3, 0.4) is 0 Å². The Hall–Kier alpha value is -1.07. The number of nitrogens with zero attached hydrogens (tertiary/aromatic N) is 1. The van der Waals surface area contributed by atoms with Crippen molar-refractivity contribution >= 4 is 0 Å². The maximum atomic E-state index is 12.5. The van der Waals surface area contributed by atoms with Crippen LogP contribution in [-0.2, 0) is 12.7 Å². The smallest absolute Gasteiger partial charge is 0.396 e. The first-order chi connectivity index (χ1) is 9.50. The fourth-order valence-corrected chi connectivity index (χ4v) is 2.45. The van der Waals surface area contributed by atoms with Crippen LogP contribution < -0.4 is 0 Å². The Kier molecular flexibility index (Phi) is 5.05. The molecule has 0 saturated heterocycles. The molecule has 0 atom stereocenters. The highest BCUT2D eigenvalue weighted by Crippen LogP contribution is 2.30. The summed E-state index contributed by atoms with van der Waals surface area (Å²) in [7, 11) is 0. The van der Waals surface area contributed by atoms with Gasteiger partial charge in [0.1, 0.15) is 0 Å². The molecule has 1 N–H and O–H groups in total. The van der Waals surface area contributed by atoms with E-state index in [9.17, 15) is 13.2 Å². The van der Waals surface area contributed by atoms with Crippen molar-refractivity contribution in [1.82, 2.24) is 4.90 Å². The van der Waals surface area contributed by atoms with E-state index in [1.54, 1.807) is 12.1 Å². The van der Waals surface area contributed by atoms with Crippen LogP contribution >= 0.6 is 0 Å². The maximum Gasteiger partial charge on any atom is 0.416 e. The molecule has 1 aliphatic carbocycles. The standard InChI is InChI=1S/C15H20F3NO/c16-15(17,18)13-7-5-12(6-8-13)11-19(9-2-10-20)14-3-1-4-14/h5-8,14,20H,1-4,9-11H2. The number of aliphatic hydroxyl groups excluding tert-OH is 1. The number of rotatable bonds is 6. The van der Waals surface area contributed by atoms with E-state index in [4.69, 9.17) is 5.11 Å². The largest absolute Gasteiger partial charge is 0.416 e. The van der Waals surface area contributed by atoms with Crippen molar-refractivity contribution in [2.75, 3.05) is 13.2 Å². The molecular weight excluding hydrogens is 267 g/mol. The molecule has 0 spiro atoms. The summed E-state index contributed by atoms with van der Waals surface area (Å²) in [6.45, 7) is 1.60. The van der Waals surface area contributed by atoms with Gasteiger partial charge >= 0.3 is 6.18 Å². The van der Waals surface area contributed by atoms with Gasteiger partial charge in [0.05, 0.1) is 5.56 Å². The minimum atomic E-state index is -4.27. The third-order valence-electron chi connectivity index (χ3n) is 3.86. The molecule has 0 amide bonds. The van der Waals surface area contributed by atoms with Crippen LogP contribution in [0.25, 0.3) is 0 Å². The number of aliphatic hydroxyl groups is 1. The van der Waals surface area contributed by atoms with Gasteiger partial charge in [-0.2, -0.15) is 13.2 Å². The van der Waals surface area contributed by atoms with Crippen LogP contribution in [-0.4, -0.2) is 29.2 Å². The van der Waals surface area contributed by atoms with Crippen LogP contribution in [0.4, 0.5) is 13.2 Å². The number of alkyl halides is 3. The minimum absolute atomic E-state index is 0.149. The Morgan fingerprint density at radius 1 is 1.15 bits per heavy atom. The molecule has 1 fully saturated rings. The zero-order valence-electron chi connectivity index (χ0n) is 11.4. The van der Waals surface area contributed by atoms with E-state index in [0.717, 1.165) is 37.1 Å². The molecule has 20 heavy (non-hydrogen) atoms. The molecule has 0 aromatic heterocycles. The predicted octanol–water partition coefficient (Wildman–Crippen LogP) is 3.44. The first-order valence-electron chi connectivity index (χ1n) is 7.02. The van der Waals surface area contributed by atoms with Gasteiger partial charge in [-0.1, -0.05) is 18.6 Å². The average Bonchev–Trinajstić information content (AvgIpc) is 2.33. The molecule has 1 aromatic carbocycles. The third kappa shape index (κ3) is 3.96. The van der Waals surface area contributed by atoms with Crippen molar-refractivity contribution in [3.63, 3.8) is 0 Å². The average molecular weight is 287 g/mol.